The van der Waals surface area contributed by atoms with Gasteiger partial charge in [0.1, 0.15) is 11.6 Å². The van der Waals surface area contributed by atoms with Gasteiger partial charge in [-0.2, -0.15) is 0 Å². The lowest BCUT2D eigenvalue weighted by Crippen LogP contribution is -2.07. The van der Waals surface area contributed by atoms with Gasteiger partial charge in [0.25, 0.3) is 0 Å². The molecule has 0 spiro atoms. The normalized spacial score (nSPS) is 15.9. The Kier molecular flexibility index (Phi) is 2.98. The second-order valence-corrected chi connectivity index (χ2v) is 4.43. The Balaban J connectivity index is 2.26. The van der Waals surface area contributed by atoms with Gasteiger partial charge in [-0.3, -0.25) is 0 Å². The summed E-state index contributed by atoms with van der Waals surface area (Å²) in [6, 6.07) is 0. The standard InChI is InChI=1S/C12H21N3/c1-3-5-8-15-11(13)10(4-2)14-12(15)9-6-7-9/h9H,3-8,13H2,1-2H3. The molecule has 3 heteroatoms. The summed E-state index contributed by atoms with van der Waals surface area (Å²) in [5, 5.41) is 0. The summed E-state index contributed by atoms with van der Waals surface area (Å²) in [6.07, 6.45) is 5.95. The molecule has 1 fully saturated rings. The molecule has 0 amide bonds. The number of rotatable bonds is 5. The molecule has 3 nitrogen and oxygen atoms in total. The summed E-state index contributed by atoms with van der Waals surface area (Å²) in [7, 11) is 0. The number of imidazole rings is 1. The molecule has 2 rings (SSSR count). The van der Waals surface area contributed by atoms with Crippen LogP contribution in [0.3, 0.4) is 0 Å². The Morgan fingerprint density at radius 2 is 2.13 bits per heavy atom. The van der Waals surface area contributed by atoms with Crippen LogP contribution < -0.4 is 5.73 Å². The van der Waals surface area contributed by atoms with E-state index in [1.54, 1.807) is 0 Å². The number of anilines is 1. The van der Waals surface area contributed by atoms with Crippen molar-refractivity contribution in [1.82, 2.24) is 9.55 Å². The van der Waals surface area contributed by atoms with Crippen molar-refractivity contribution in [3.05, 3.63) is 11.5 Å². The summed E-state index contributed by atoms with van der Waals surface area (Å²) in [5.74, 6) is 2.86. The molecule has 1 aromatic rings. The molecule has 0 atom stereocenters. The van der Waals surface area contributed by atoms with Gasteiger partial charge in [-0.05, 0) is 25.7 Å². The van der Waals surface area contributed by atoms with Crippen LogP contribution in [-0.4, -0.2) is 9.55 Å². The lowest BCUT2D eigenvalue weighted by atomic mass is 10.3. The van der Waals surface area contributed by atoms with Crippen molar-refractivity contribution < 1.29 is 0 Å². The van der Waals surface area contributed by atoms with E-state index in [1.807, 2.05) is 0 Å². The number of hydrogen-bond acceptors (Lipinski definition) is 2. The molecule has 84 valence electrons. The molecule has 0 aliphatic heterocycles. The highest BCUT2D eigenvalue weighted by molar-refractivity contribution is 5.39. The predicted octanol–water partition coefficient (Wildman–Crippen LogP) is 2.71. The van der Waals surface area contributed by atoms with Gasteiger partial charge in [0.2, 0.25) is 0 Å². The van der Waals surface area contributed by atoms with E-state index in [0.717, 1.165) is 24.5 Å². The van der Waals surface area contributed by atoms with Gasteiger partial charge in [-0.25, -0.2) is 4.98 Å². The van der Waals surface area contributed by atoms with Gasteiger partial charge < -0.3 is 10.3 Å². The van der Waals surface area contributed by atoms with Crippen LogP contribution in [0.4, 0.5) is 5.82 Å². The summed E-state index contributed by atoms with van der Waals surface area (Å²) >= 11 is 0. The zero-order valence-electron chi connectivity index (χ0n) is 9.79. The largest absolute Gasteiger partial charge is 0.384 e. The number of hydrogen-bond donors (Lipinski definition) is 1. The topological polar surface area (TPSA) is 43.8 Å². The minimum absolute atomic E-state index is 0.699. The molecule has 0 unspecified atom stereocenters. The highest BCUT2D eigenvalue weighted by atomic mass is 15.1. The van der Waals surface area contributed by atoms with E-state index in [1.165, 1.54) is 31.5 Å². The second-order valence-electron chi connectivity index (χ2n) is 4.43. The first-order valence-electron chi connectivity index (χ1n) is 6.12. The van der Waals surface area contributed by atoms with Crippen molar-refractivity contribution >= 4 is 5.82 Å². The van der Waals surface area contributed by atoms with Gasteiger partial charge in [0.15, 0.2) is 0 Å². The minimum Gasteiger partial charge on any atom is -0.384 e. The van der Waals surface area contributed by atoms with Crippen LogP contribution in [0, 0.1) is 0 Å². The van der Waals surface area contributed by atoms with Gasteiger partial charge in [0, 0.05) is 12.5 Å². The van der Waals surface area contributed by atoms with Crippen LogP contribution >= 0.6 is 0 Å². The fraction of sp³-hybridized carbons (Fsp3) is 0.750. The number of aryl methyl sites for hydroxylation is 1. The van der Waals surface area contributed by atoms with E-state index < -0.39 is 0 Å². The van der Waals surface area contributed by atoms with Crippen molar-refractivity contribution in [2.75, 3.05) is 5.73 Å². The van der Waals surface area contributed by atoms with Crippen molar-refractivity contribution in [2.24, 2.45) is 0 Å². The van der Waals surface area contributed by atoms with E-state index >= 15 is 0 Å². The first kappa shape index (κ1) is 10.5. The zero-order valence-corrected chi connectivity index (χ0v) is 9.79. The van der Waals surface area contributed by atoms with E-state index in [9.17, 15) is 0 Å². The SMILES string of the molecule is CCCCn1c(C2CC2)nc(CC)c1N. The third kappa shape index (κ3) is 2.01. The molecule has 1 aliphatic carbocycles. The average molecular weight is 207 g/mol. The Labute approximate surface area is 91.7 Å². The second kappa shape index (κ2) is 4.25. The molecular formula is C12H21N3. The van der Waals surface area contributed by atoms with Crippen molar-refractivity contribution in [1.29, 1.82) is 0 Å². The van der Waals surface area contributed by atoms with Gasteiger partial charge in [0.05, 0.1) is 5.69 Å². The maximum Gasteiger partial charge on any atom is 0.126 e. The lowest BCUT2D eigenvalue weighted by Gasteiger charge is -2.08. The quantitative estimate of drug-likeness (QED) is 0.806. The first-order valence-corrected chi connectivity index (χ1v) is 6.12. The van der Waals surface area contributed by atoms with Gasteiger partial charge in [-0.15, -0.1) is 0 Å². The maximum atomic E-state index is 6.12. The van der Waals surface area contributed by atoms with Crippen LogP contribution in [0.5, 0.6) is 0 Å². The monoisotopic (exact) mass is 207 g/mol. The maximum absolute atomic E-state index is 6.12. The zero-order chi connectivity index (χ0) is 10.8. The Morgan fingerprint density at radius 3 is 2.67 bits per heavy atom. The van der Waals surface area contributed by atoms with Crippen molar-refractivity contribution in [3.63, 3.8) is 0 Å². The van der Waals surface area contributed by atoms with Crippen molar-refractivity contribution in [3.8, 4) is 0 Å². The third-order valence-corrected chi connectivity index (χ3v) is 3.13. The average Bonchev–Trinajstić information content (AvgIpc) is 3.02. The number of nitrogen functional groups attached to an aromatic ring is 1. The number of nitrogens with zero attached hydrogens (tertiary/aromatic N) is 2. The molecule has 0 aromatic carbocycles. The molecule has 1 aliphatic rings. The van der Waals surface area contributed by atoms with E-state index in [2.05, 4.69) is 23.4 Å². The fourth-order valence-corrected chi connectivity index (χ4v) is 2.00. The van der Waals surface area contributed by atoms with Gasteiger partial charge >= 0.3 is 0 Å². The highest BCUT2D eigenvalue weighted by Gasteiger charge is 2.30. The lowest BCUT2D eigenvalue weighted by molar-refractivity contribution is 0.609. The molecular weight excluding hydrogens is 186 g/mol. The van der Waals surface area contributed by atoms with Crippen LogP contribution in [0.1, 0.15) is 57.0 Å². The van der Waals surface area contributed by atoms with E-state index in [-0.39, 0.29) is 0 Å². The molecule has 0 bridgehead atoms. The highest BCUT2D eigenvalue weighted by Crippen LogP contribution is 2.40. The summed E-state index contributed by atoms with van der Waals surface area (Å²) < 4.78 is 2.25. The number of aromatic nitrogens is 2. The van der Waals surface area contributed by atoms with Gasteiger partial charge in [-0.1, -0.05) is 20.3 Å². The number of nitrogens with two attached hydrogens (primary N) is 1. The molecule has 1 heterocycles. The Bertz CT molecular complexity index is 337. The summed E-state index contributed by atoms with van der Waals surface area (Å²) in [6.45, 7) is 5.38. The van der Waals surface area contributed by atoms with Crippen LogP contribution in [-0.2, 0) is 13.0 Å². The fourth-order valence-electron chi connectivity index (χ4n) is 2.00. The molecule has 15 heavy (non-hydrogen) atoms. The third-order valence-electron chi connectivity index (χ3n) is 3.13. The molecule has 1 aromatic heterocycles. The Hall–Kier alpha value is -0.990. The van der Waals surface area contributed by atoms with E-state index in [0.29, 0.717) is 5.92 Å². The van der Waals surface area contributed by atoms with Crippen molar-refractivity contribution in [2.45, 2.75) is 58.4 Å². The summed E-state index contributed by atoms with van der Waals surface area (Å²) in [4.78, 5) is 4.68. The number of unbranched alkanes of at least 4 members (excludes halogenated alkanes) is 1. The first-order chi connectivity index (χ1) is 7.27. The van der Waals surface area contributed by atoms with E-state index in [4.69, 9.17) is 5.73 Å². The molecule has 2 N–H and O–H groups in total. The van der Waals surface area contributed by atoms with Crippen LogP contribution in [0.25, 0.3) is 0 Å². The molecule has 0 saturated heterocycles. The molecule has 1 saturated carbocycles. The smallest absolute Gasteiger partial charge is 0.126 e. The Morgan fingerprint density at radius 1 is 1.40 bits per heavy atom. The summed E-state index contributed by atoms with van der Waals surface area (Å²) in [5.41, 5.74) is 7.21. The molecule has 0 radical (unpaired) electrons. The van der Waals surface area contributed by atoms with Crippen LogP contribution in [0.2, 0.25) is 0 Å². The minimum atomic E-state index is 0.699. The predicted molar refractivity (Wildman–Crippen MR) is 62.9 cm³/mol. The van der Waals surface area contributed by atoms with Crippen LogP contribution in [0.15, 0.2) is 0 Å².